The molecule has 6 heteroatoms. The van der Waals surface area contributed by atoms with Crippen molar-refractivity contribution in [2.24, 2.45) is 10.9 Å². The van der Waals surface area contributed by atoms with E-state index in [1.807, 2.05) is 6.92 Å². The largest absolute Gasteiger partial charge is 0.469 e. The first-order valence-corrected chi connectivity index (χ1v) is 5.41. The average Bonchev–Trinajstić information content (AvgIpc) is 2.74. The molecule has 1 aromatic rings. The van der Waals surface area contributed by atoms with Gasteiger partial charge in [0.15, 0.2) is 5.84 Å². The Bertz CT molecular complexity index is 412. The molecule has 17 heavy (non-hydrogen) atoms. The van der Waals surface area contributed by atoms with Gasteiger partial charge in [0.05, 0.1) is 11.6 Å². The maximum absolute atomic E-state index is 11.8. The van der Waals surface area contributed by atoms with Gasteiger partial charge in [-0.25, -0.2) is 0 Å². The molecule has 0 aromatic carbocycles. The number of nitrogens with one attached hydrogen (secondary N) is 1. The Balaban J connectivity index is 2.70. The van der Waals surface area contributed by atoms with E-state index in [-0.39, 0.29) is 11.7 Å². The lowest BCUT2D eigenvalue weighted by Crippen LogP contribution is -2.44. The maximum atomic E-state index is 11.8. The minimum atomic E-state index is -0.465. The van der Waals surface area contributed by atoms with E-state index < -0.39 is 6.04 Å². The Morgan fingerprint density at radius 1 is 1.71 bits per heavy atom. The highest BCUT2D eigenvalue weighted by Gasteiger charge is 2.18. The number of carbonyl (C=O) groups is 1. The van der Waals surface area contributed by atoms with Crippen LogP contribution in [0.5, 0.6) is 0 Å². The molecule has 0 aliphatic heterocycles. The fourth-order valence-electron chi connectivity index (χ4n) is 1.46. The first-order chi connectivity index (χ1) is 8.08. The molecule has 4 N–H and O–H groups in total. The smallest absolute Gasteiger partial charge is 0.255 e. The van der Waals surface area contributed by atoms with E-state index in [0.717, 1.165) is 6.42 Å². The molecule has 0 saturated carbocycles. The molecule has 1 amide bonds. The van der Waals surface area contributed by atoms with Crippen molar-refractivity contribution < 1.29 is 14.4 Å². The second-order valence-corrected chi connectivity index (χ2v) is 3.79. The summed E-state index contributed by atoms with van der Waals surface area (Å²) in [5.41, 5.74) is 5.92. The van der Waals surface area contributed by atoms with Gasteiger partial charge in [-0.1, -0.05) is 18.5 Å². The minimum Gasteiger partial charge on any atom is -0.469 e. The summed E-state index contributed by atoms with van der Waals surface area (Å²) in [6.07, 6.45) is 2.80. The van der Waals surface area contributed by atoms with Crippen molar-refractivity contribution in [1.82, 2.24) is 5.32 Å². The van der Waals surface area contributed by atoms with E-state index in [0.29, 0.717) is 17.7 Å². The number of hydrogen-bond acceptors (Lipinski definition) is 4. The molecular formula is C11H17N3O3. The van der Waals surface area contributed by atoms with Gasteiger partial charge in [-0.15, -0.1) is 0 Å². The Morgan fingerprint density at radius 3 is 2.88 bits per heavy atom. The van der Waals surface area contributed by atoms with Gasteiger partial charge in [0.2, 0.25) is 0 Å². The van der Waals surface area contributed by atoms with Crippen molar-refractivity contribution in [3.05, 3.63) is 23.7 Å². The Hall–Kier alpha value is -1.98. The molecule has 1 rings (SSSR count). The summed E-state index contributed by atoms with van der Waals surface area (Å²) >= 11 is 0. The van der Waals surface area contributed by atoms with Crippen LogP contribution in [0.4, 0.5) is 0 Å². The van der Waals surface area contributed by atoms with Gasteiger partial charge < -0.3 is 20.7 Å². The SMILES string of the molecule is CCCC(NC(=O)c1coc(C)c1)C(N)=NO. The monoisotopic (exact) mass is 239 g/mol. The van der Waals surface area contributed by atoms with E-state index in [1.165, 1.54) is 6.26 Å². The predicted molar refractivity (Wildman–Crippen MR) is 63.0 cm³/mol. The molecule has 6 nitrogen and oxygen atoms in total. The number of amidine groups is 1. The van der Waals surface area contributed by atoms with Gasteiger partial charge in [0.1, 0.15) is 12.0 Å². The zero-order valence-corrected chi connectivity index (χ0v) is 9.93. The number of nitrogens with two attached hydrogens (primary N) is 1. The lowest BCUT2D eigenvalue weighted by molar-refractivity contribution is 0.0944. The third-order valence-corrected chi connectivity index (χ3v) is 2.35. The predicted octanol–water partition coefficient (Wildman–Crippen LogP) is 1.23. The number of furan rings is 1. The normalized spacial score (nSPS) is 13.4. The third kappa shape index (κ3) is 3.51. The Morgan fingerprint density at radius 2 is 2.41 bits per heavy atom. The fraction of sp³-hybridized carbons (Fsp3) is 0.455. The van der Waals surface area contributed by atoms with E-state index in [4.69, 9.17) is 15.4 Å². The highest BCUT2D eigenvalue weighted by Crippen LogP contribution is 2.07. The van der Waals surface area contributed by atoms with Crippen LogP contribution < -0.4 is 11.1 Å². The van der Waals surface area contributed by atoms with Crippen molar-refractivity contribution >= 4 is 11.7 Å². The van der Waals surface area contributed by atoms with Crippen LogP contribution in [0.15, 0.2) is 21.9 Å². The highest BCUT2D eigenvalue weighted by atomic mass is 16.4. The summed E-state index contributed by atoms with van der Waals surface area (Å²) in [7, 11) is 0. The van der Waals surface area contributed by atoms with Crippen LogP contribution >= 0.6 is 0 Å². The summed E-state index contributed by atoms with van der Waals surface area (Å²) in [5.74, 6) is 0.360. The standard InChI is InChI=1S/C11H17N3O3/c1-3-4-9(10(12)14-16)13-11(15)8-5-7(2)17-6-8/h5-6,9,16H,3-4H2,1-2H3,(H2,12,14)(H,13,15). The number of aryl methyl sites for hydroxylation is 1. The van der Waals surface area contributed by atoms with Crippen LogP contribution in [-0.2, 0) is 0 Å². The molecule has 1 heterocycles. The summed E-state index contributed by atoms with van der Waals surface area (Å²) in [4.78, 5) is 11.8. The molecule has 1 unspecified atom stereocenters. The van der Waals surface area contributed by atoms with Crippen LogP contribution in [0.3, 0.4) is 0 Å². The zero-order chi connectivity index (χ0) is 12.8. The number of carbonyl (C=O) groups excluding carboxylic acids is 1. The molecule has 0 spiro atoms. The molecule has 0 bridgehead atoms. The summed E-state index contributed by atoms with van der Waals surface area (Å²) in [5, 5.41) is 14.2. The van der Waals surface area contributed by atoms with E-state index in [1.54, 1.807) is 13.0 Å². The lowest BCUT2D eigenvalue weighted by Gasteiger charge is -2.15. The van der Waals surface area contributed by atoms with E-state index in [9.17, 15) is 4.79 Å². The van der Waals surface area contributed by atoms with Crippen molar-refractivity contribution in [3.8, 4) is 0 Å². The third-order valence-electron chi connectivity index (χ3n) is 2.35. The highest BCUT2D eigenvalue weighted by molar-refractivity contribution is 5.98. The Kier molecular flexibility index (Phi) is 4.56. The minimum absolute atomic E-state index is 0.000386. The van der Waals surface area contributed by atoms with E-state index >= 15 is 0 Å². The summed E-state index contributed by atoms with van der Waals surface area (Å²) < 4.78 is 5.04. The van der Waals surface area contributed by atoms with Gasteiger partial charge in [0, 0.05) is 0 Å². The summed E-state index contributed by atoms with van der Waals surface area (Å²) in [6.45, 7) is 3.70. The summed E-state index contributed by atoms with van der Waals surface area (Å²) in [6, 6.07) is 1.16. The second kappa shape index (κ2) is 5.93. The molecule has 0 saturated heterocycles. The molecule has 1 aromatic heterocycles. The van der Waals surface area contributed by atoms with Crippen molar-refractivity contribution in [2.45, 2.75) is 32.7 Å². The fourth-order valence-corrected chi connectivity index (χ4v) is 1.46. The second-order valence-electron chi connectivity index (χ2n) is 3.79. The number of oxime groups is 1. The van der Waals surface area contributed by atoms with E-state index in [2.05, 4.69) is 10.5 Å². The van der Waals surface area contributed by atoms with Gasteiger partial charge >= 0.3 is 0 Å². The lowest BCUT2D eigenvalue weighted by atomic mass is 10.1. The van der Waals surface area contributed by atoms with Crippen molar-refractivity contribution in [2.75, 3.05) is 0 Å². The zero-order valence-electron chi connectivity index (χ0n) is 9.93. The Labute approximate surface area is 99.5 Å². The van der Waals surface area contributed by atoms with Gasteiger partial charge in [-0.05, 0) is 19.4 Å². The van der Waals surface area contributed by atoms with Crippen LogP contribution in [0.2, 0.25) is 0 Å². The average molecular weight is 239 g/mol. The topological polar surface area (TPSA) is 101 Å². The molecule has 94 valence electrons. The quantitative estimate of drug-likeness (QED) is 0.311. The maximum Gasteiger partial charge on any atom is 0.255 e. The molecule has 1 atom stereocenters. The number of amides is 1. The molecule has 0 aliphatic rings. The van der Waals surface area contributed by atoms with Gasteiger partial charge in [-0.2, -0.15) is 0 Å². The molecular weight excluding hydrogens is 222 g/mol. The van der Waals surface area contributed by atoms with Gasteiger partial charge in [-0.3, -0.25) is 4.79 Å². The molecule has 0 fully saturated rings. The molecule has 0 aliphatic carbocycles. The van der Waals surface area contributed by atoms with Crippen LogP contribution in [0.1, 0.15) is 35.9 Å². The number of nitrogens with zero attached hydrogens (tertiary/aromatic N) is 1. The first-order valence-electron chi connectivity index (χ1n) is 5.41. The number of rotatable bonds is 5. The van der Waals surface area contributed by atoms with Crippen LogP contribution in [0, 0.1) is 6.92 Å². The molecule has 0 radical (unpaired) electrons. The van der Waals surface area contributed by atoms with Gasteiger partial charge in [0.25, 0.3) is 5.91 Å². The van der Waals surface area contributed by atoms with Crippen molar-refractivity contribution in [3.63, 3.8) is 0 Å². The first kappa shape index (κ1) is 13.1. The number of hydrogen-bond donors (Lipinski definition) is 3. The van der Waals surface area contributed by atoms with Crippen LogP contribution in [-0.4, -0.2) is 23.0 Å². The van der Waals surface area contributed by atoms with Crippen molar-refractivity contribution in [1.29, 1.82) is 0 Å². The van der Waals surface area contributed by atoms with Crippen LogP contribution in [0.25, 0.3) is 0 Å².